The van der Waals surface area contributed by atoms with Gasteiger partial charge in [-0.25, -0.2) is 0 Å². The lowest BCUT2D eigenvalue weighted by Crippen LogP contribution is -2.14. The number of hydrogen-bond donors (Lipinski definition) is 1. The number of hydrogen-bond acceptors (Lipinski definition) is 2. The largest absolute Gasteiger partial charge is 0.347 e. The lowest BCUT2D eigenvalue weighted by molar-refractivity contribution is 0.624. The molecule has 0 amide bonds. The number of rotatable bonds is 5. The average molecular weight is 311 g/mol. The molecule has 0 atom stereocenters. The van der Waals surface area contributed by atoms with Crippen LogP contribution in [0, 0.1) is 0 Å². The van der Waals surface area contributed by atoms with E-state index in [1.54, 1.807) is 11.3 Å². The Bertz CT molecular complexity index is 499. The second-order valence-corrected chi connectivity index (χ2v) is 6.29. The van der Waals surface area contributed by atoms with Crippen molar-refractivity contribution in [3.8, 4) is 0 Å². The Morgan fingerprint density at radius 1 is 1.35 bits per heavy atom. The van der Waals surface area contributed by atoms with Crippen molar-refractivity contribution < 1.29 is 0 Å². The van der Waals surface area contributed by atoms with E-state index in [-0.39, 0.29) is 0 Å². The Morgan fingerprint density at radius 2 is 2.24 bits per heavy atom. The Hall–Kier alpha value is -0.580. The monoisotopic (exact) mass is 310 g/mol. The van der Waals surface area contributed by atoms with Gasteiger partial charge in [-0.05, 0) is 52.4 Å². The Kier molecular flexibility index (Phi) is 3.36. The topological polar surface area (TPSA) is 17.0 Å². The summed E-state index contributed by atoms with van der Waals surface area (Å²) in [6.45, 7) is 1.89. The zero-order valence-electron chi connectivity index (χ0n) is 9.53. The molecule has 1 aliphatic rings. The smallest absolute Gasteiger partial charge is 0.0362 e. The number of nitrogens with one attached hydrogen (secondary N) is 1. The van der Waals surface area contributed by atoms with Crippen LogP contribution in [-0.4, -0.2) is 4.57 Å². The van der Waals surface area contributed by atoms with Crippen molar-refractivity contribution >= 4 is 27.3 Å². The van der Waals surface area contributed by atoms with Crippen molar-refractivity contribution in [1.82, 2.24) is 9.88 Å². The molecule has 0 unspecified atom stereocenters. The molecule has 2 heterocycles. The molecule has 2 nitrogen and oxygen atoms in total. The Balaban J connectivity index is 1.57. The first-order chi connectivity index (χ1) is 8.34. The highest BCUT2D eigenvalue weighted by Crippen LogP contribution is 2.36. The molecule has 0 spiro atoms. The fourth-order valence-corrected chi connectivity index (χ4v) is 3.51. The minimum atomic E-state index is 0.773. The van der Waals surface area contributed by atoms with Gasteiger partial charge in [0.1, 0.15) is 0 Å². The van der Waals surface area contributed by atoms with E-state index in [1.165, 1.54) is 27.9 Å². The van der Waals surface area contributed by atoms with Crippen LogP contribution in [0.2, 0.25) is 0 Å². The van der Waals surface area contributed by atoms with Crippen LogP contribution in [-0.2, 0) is 13.1 Å². The number of halogens is 1. The van der Waals surface area contributed by atoms with Crippen LogP contribution < -0.4 is 5.32 Å². The summed E-state index contributed by atoms with van der Waals surface area (Å²) in [7, 11) is 0. The molecule has 0 aliphatic heterocycles. The predicted molar refractivity (Wildman–Crippen MR) is 75.3 cm³/mol. The Labute approximate surface area is 114 Å². The number of nitrogens with zero attached hydrogens (tertiary/aromatic N) is 1. The van der Waals surface area contributed by atoms with Gasteiger partial charge in [-0.15, -0.1) is 11.3 Å². The summed E-state index contributed by atoms with van der Waals surface area (Å²) in [5.41, 5.74) is 1.40. The molecule has 17 heavy (non-hydrogen) atoms. The molecule has 0 aromatic carbocycles. The van der Waals surface area contributed by atoms with E-state index < -0.39 is 0 Å². The Morgan fingerprint density at radius 3 is 2.94 bits per heavy atom. The fourth-order valence-electron chi connectivity index (χ4n) is 2.04. The van der Waals surface area contributed by atoms with E-state index in [4.69, 9.17) is 0 Å². The van der Waals surface area contributed by atoms with Gasteiger partial charge in [0.25, 0.3) is 0 Å². The van der Waals surface area contributed by atoms with E-state index >= 15 is 0 Å². The van der Waals surface area contributed by atoms with Gasteiger partial charge in [-0.1, -0.05) is 0 Å². The van der Waals surface area contributed by atoms with Crippen LogP contribution in [0.3, 0.4) is 0 Å². The van der Waals surface area contributed by atoms with E-state index in [9.17, 15) is 0 Å². The lowest BCUT2D eigenvalue weighted by Gasteiger charge is -2.08. The summed E-state index contributed by atoms with van der Waals surface area (Å²) < 4.78 is 3.63. The van der Waals surface area contributed by atoms with Gasteiger partial charge in [-0.2, -0.15) is 0 Å². The van der Waals surface area contributed by atoms with Crippen LogP contribution in [0.15, 0.2) is 34.2 Å². The van der Waals surface area contributed by atoms with Crippen molar-refractivity contribution in [3.05, 3.63) is 44.8 Å². The second-order valence-electron chi connectivity index (χ2n) is 4.43. The summed E-state index contributed by atoms with van der Waals surface area (Å²) in [5.74, 6) is 0. The van der Waals surface area contributed by atoms with Crippen LogP contribution in [0.4, 0.5) is 0 Å². The summed E-state index contributed by atoms with van der Waals surface area (Å²) in [6, 6.07) is 7.25. The molecule has 0 bridgehead atoms. The molecule has 90 valence electrons. The fraction of sp³-hybridized carbons (Fsp3) is 0.385. The molecule has 0 saturated heterocycles. The zero-order chi connectivity index (χ0) is 11.7. The molecule has 1 fully saturated rings. The molecular formula is C13H15BrN2S. The molecule has 2 aromatic rings. The third-order valence-corrected chi connectivity index (χ3v) is 5.02. The van der Waals surface area contributed by atoms with Gasteiger partial charge in [-0.3, -0.25) is 0 Å². The molecule has 1 saturated carbocycles. The first-order valence-corrected chi connectivity index (χ1v) is 7.60. The van der Waals surface area contributed by atoms with Crippen LogP contribution in [0.1, 0.15) is 29.5 Å². The van der Waals surface area contributed by atoms with E-state index in [2.05, 4.69) is 55.6 Å². The highest BCUT2D eigenvalue weighted by molar-refractivity contribution is 9.10. The molecule has 4 heteroatoms. The summed E-state index contributed by atoms with van der Waals surface area (Å²) in [5, 5.41) is 5.63. The van der Waals surface area contributed by atoms with E-state index in [1.807, 2.05) is 0 Å². The van der Waals surface area contributed by atoms with Crippen molar-refractivity contribution in [1.29, 1.82) is 0 Å². The van der Waals surface area contributed by atoms with E-state index in [0.29, 0.717) is 0 Å². The van der Waals surface area contributed by atoms with Crippen molar-refractivity contribution in [3.63, 3.8) is 0 Å². The van der Waals surface area contributed by atoms with Gasteiger partial charge in [0.05, 0.1) is 0 Å². The minimum Gasteiger partial charge on any atom is -0.347 e. The maximum absolute atomic E-state index is 3.56. The predicted octanol–water partition coefficient (Wildman–Crippen LogP) is 3.94. The molecule has 3 rings (SSSR count). The molecule has 1 N–H and O–H groups in total. The zero-order valence-corrected chi connectivity index (χ0v) is 11.9. The third kappa shape index (κ3) is 2.64. The quantitative estimate of drug-likeness (QED) is 0.885. The lowest BCUT2D eigenvalue weighted by atomic mass is 10.4. The molecule has 1 aliphatic carbocycles. The standard InChI is InChI=1S/C13H15BrN2S/c14-12-5-7-17-13(12)9-15-8-11-2-1-6-16(11)10-3-4-10/h1-2,5-7,10,15H,3-4,8-9H2. The van der Waals surface area contributed by atoms with Crippen molar-refractivity contribution in [2.75, 3.05) is 0 Å². The normalized spacial score (nSPS) is 15.4. The number of thiophene rings is 1. The van der Waals surface area contributed by atoms with Crippen LogP contribution in [0.5, 0.6) is 0 Å². The van der Waals surface area contributed by atoms with Gasteiger partial charge in [0.15, 0.2) is 0 Å². The molecule has 2 aromatic heterocycles. The maximum atomic E-state index is 3.56. The third-order valence-electron chi connectivity index (χ3n) is 3.09. The summed E-state index contributed by atoms with van der Waals surface area (Å²) in [6.07, 6.45) is 4.89. The minimum absolute atomic E-state index is 0.773. The summed E-state index contributed by atoms with van der Waals surface area (Å²) in [4.78, 5) is 1.37. The summed E-state index contributed by atoms with van der Waals surface area (Å²) >= 11 is 5.35. The van der Waals surface area contributed by atoms with Gasteiger partial charge in [0, 0.05) is 40.4 Å². The van der Waals surface area contributed by atoms with Gasteiger partial charge < -0.3 is 9.88 Å². The average Bonchev–Trinajstić information content (AvgIpc) is 2.93. The van der Waals surface area contributed by atoms with Crippen molar-refractivity contribution in [2.45, 2.75) is 32.0 Å². The van der Waals surface area contributed by atoms with Crippen LogP contribution >= 0.6 is 27.3 Å². The molecule has 0 radical (unpaired) electrons. The second kappa shape index (κ2) is 4.96. The van der Waals surface area contributed by atoms with E-state index in [0.717, 1.165) is 19.1 Å². The number of aromatic nitrogens is 1. The maximum Gasteiger partial charge on any atom is 0.0362 e. The van der Waals surface area contributed by atoms with Crippen molar-refractivity contribution in [2.24, 2.45) is 0 Å². The molecular weight excluding hydrogens is 296 g/mol. The SMILES string of the molecule is Brc1ccsc1CNCc1cccn1C1CC1. The highest BCUT2D eigenvalue weighted by Gasteiger charge is 2.24. The van der Waals surface area contributed by atoms with Gasteiger partial charge >= 0.3 is 0 Å². The van der Waals surface area contributed by atoms with Crippen LogP contribution in [0.25, 0.3) is 0 Å². The first kappa shape index (κ1) is 11.5. The highest BCUT2D eigenvalue weighted by atomic mass is 79.9. The first-order valence-electron chi connectivity index (χ1n) is 5.93. The van der Waals surface area contributed by atoms with Gasteiger partial charge in [0.2, 0.25) is 0 Å².